The number of nitrogens with one attached hydrogen (secondary N) is 1. The molecule has 0 aromatic heterocycles. The second-order valence-electron chi connectivity index (χ2n) is 4.82. The van der Waals surface area contributed by atoms with Crippen molar-refractivity contribution in [3.8, 4) is 17.6 Å². The van der Waals surface area contributed by atoms with Gasteiger partial charge >= 0.3 is 5.69 Å². The molecule has 0 atom stereocenters. The molecule has 0 saturated heterocycles. The fraction of sp³-hybridized carbons (Fsp3) is 0.118. The van der Waals surface area contributed by atoms with Gasteiger partial charge in [-0.15, -0.1) is 0 Å². The van der Waals surface area contributed by atoms with Crippen LogP contribution in [0.2, 0.25) is 0 Å². The van der Waals surface area contributed by atoms with Crippen LogP contribution < -0.4 is 14.9 Å². The predicted octanol–water partition coefficient (Wildman–Crippen LogP) is 2.03. The minimum absolute atomic E-state index is 0.00425. The van der Waals surface area contributed by atoms with Crippen LogP contribution in [-0.4, -0.2) is 30.3 Å². The molecule has 2 aromatic rings. The lowest BCUT2D eigenvalue weighted by molar-refractivity contribution is -0.385. The maximum absolute atomic E-state index is 11.7. The van der Waals surface area contributed by atoms with Gasteiger partial charge in [-0.1, -0.05) is 12.1 Å². The van der Waals surface area contributed by atoms with Crippen molar-refractivity contribution < 1.29 is 19.2 Å². The quantitative estimate of drug-likeness (QED) is 0.439. The molecule has 0 radical (unpaired) electrons. The van der Waals surface area contributed by atoms with E-state index in [1.165, 1.54) is 24.4 Å². The van der Waals surface area contributed by atoms with Crippen LogP contribution in [0.4, 0.5) is 5.69 Å². The van der Waals surface area contributed by atoms with Crippen molar-refractivity contribution in [1.82, 2.24) is 5.43 Å². The fourth-order valence-electron chi connectivity index (χ4n) is 1.85. The SMILES string of the molecule is N#CCOc1ccc(/C=N\NC(=O)COc2ccccc2[N+](=O)[O-])cc1. The molecule has 0 unspecified atom stereocenters. The Morgan fingerprint density at radius 3 is 2.65 bits per heavy atom. The number of benzene rings is 2. The van der Waals surface area contributed by atoms with E-state index in [1.807, 2.05) is 6.07 Å². The van der Waals surface area contributed by atoms with E-state index >= 15 is 0 Å². The highest BCUT2D eigenvalue weighted by atomic mass is 16.6. The van der Waals surface area contributed by atoms with Crippen LogP contribution in [0.3, 0.4) is 0 Å². The standard InChI is InChI=1S/C17H14N4O5/c18-9-10-25-14-7-5-13(6-8-14)11-19-20-17(22)12-26-16-4-2-1-3-15(16)21(23)24/h1-8,11H,10,12H2,(H,20,22)/b19-11-. The van der Waals surface area contributed by atoms with Crippen molar-refractivity contribution in [2.75, 3.05) is 13.2 Å². The van der Waals surface area contributed by atoms with E-state index in [0.717, 1.165) is 0 Å². The predicted molar refractivity (Wildman–Crippen MR) is 91.9 cm³/mol. The summed E-state index contributed by atoms with van der Waals surface area (Å²) in [4.78, 5) is 22.0. The number of carbonyl (C=O) groups is 1. The van der Waals surface area contributed by atoms with Gasteiger partial charge in [0.2, 0.25) is 0 Å². The molecular weight excluding hydrogens is 340 g/mol. The summed E-state index contributed by atoms with van der Waals surface area (Å²) in [5.74, 6) is -0.0106. The van der Waals surface area contributed by atoms with Gasteiger partial charge in [-0.3, -0.25) is 14.9 Å². The number of amides is 1. The number of ether oxygens (including phenoxy) is 2. The number of hydrogen-bond donors (Lipinski definition) is 1. The van der Waals surface area contributed by atoms with Gasteiger partial charge in [-0.25, -0.2) is 5.43 Å². The highest BCUT2D eigenvalue weighted by Gasteiger charge is 2.14. The molecule has 0 spiro atoms. The van der Waals surface area contributed by atoms with Gasteiger partial charge < -0.3 is 9.47 Å². The molecule has 0 bridgehead atoms. The molecule has 0 aliphatic heterocycles. The zero-order valence-electron chi connectivity index (χ0n) is 13.5. The Kier molecular flexibility index (Phi) is 6.65. The van der Waals surface area contributed by atoms with E-state index in [4.69, 9.17) is 14.7 Å². The third-order valence-corrected chi connectivity index (χ3v) is 3.01. The first-order chi connectivity index (χ1) is 12.6. The molecular formula is C17H14N4O5. The van der Waals surface area contributed by atoms with Crippen molar-refractivity contribution in [2.24, 2.45) is 5.10 Å². The molecule has 0 fully saturated rings. The molecule has 0 saturated carbocycles. The van der Waals surface area contributed by atoms with E-state index in [2.05, 4.69) is 10.5 Å². The Morgan fingerprint density at radius 1 is 1.23 bits per heavy atom. The normalized spacial score (nSPS) is 10.1. The molecule has 1 N–H and O–H groups in total. The van der Waals surface area contributed by atoms with Gasteiger partial charge in [-0.2, -0.15) is 10.4 Å². The monoisotopic (exact) mass is 354 g/mol. The Morgan fingerprint density at radius 2 is 1.96 bits per heavy atom. The van der Waals surface area contributed by atoms with Crippen LogP contribution in [0, 0.1) is 21.4 Å². The van der Waals surface area contributed by atoms with Crippen LogP contribution in [0.5, 0.6) is 11.5 Å². The summed E-state index contributed by atoms with van der Waals surface area (Å²) in [7, 11) is 0. The molecule has 0 aliphatic carbocycles. The number of nitriles is 1. The summed E-state index contributed by atoms with van der Waals surface area (Å²) in [6.07, 6.45) is 1.41. The summed E-state index contributed by atoms with van der Waals surface area (Å²) >= 11 is 0. The second kappa shape index (κ2) is 9.39. The summed E-state index contributed by atoms with van der Waals surface area (Å²) < 4.78 is 10.3. The van der Waals surface area contributed by atoms with Crippen LogP contribution in [-0.2, 0) is 4.79 Å². The lowest BCUT2D eigenvalue weighted by Gasteiger charge is -2.05. The molecule has 0 aliphatic rings. The zero-order chi connectivity index (χ0) is 18.8. The highest BCUT2D eigenvalue weighted by molar-refractivity contribution is 5.83. The number of nitrogens with zero attached hydrogens (tertiary/aromatic N) is 3. The molecule has 0 heterocycles. The number of rotatable bonds is 8. The lowest BCUT2D eigenvalue weighted by Crippen LogP contribution is -2.24. The van der Waals surface area contributed by atoms with Gasteiger partial charge in [0.1, 0.15) is 11.8 Å². The number of para-hydroxylation sites is 2. The fourth-order valence-corrected chi connectivity index (χ4v) is 1.85. The van der Waals surface area contributed by atoms with Gasteiger partial charge in [0, 0.05) is 6.07 Å². The van der Waals surface area contributed by atoms with Crippen LogP contribution in [0.15, 0.2) is 53.6 Å². The Bertz CT molecular complexity index is 843. The number of carbonyl (C=O) groups excluding carboxylic acids is 1. The first-order valence-corrected chi connectivity index (χ1v) is 7.38. The molecule has 9 heteroatoms. The summed E-state index contributed by atoms with van der Waals surface area (Å²) in [5.41, 5.74) is 2.74. The third kappa shape index (κ3) is 5.61. The molecule has 26 heavy (non-hydrogen) atoms. The molecule has 2 rings (SSSR count). The van der Waals surface area contributed by atoms with Crippen LogP contribution in [0.25, 0.3) is 0 Å². The summed E-state index contributed by atoms with van der Waals surface area (Å²) in [6.45, 7) is -0.452. The minimum Gasteiger partial charge on any atom is -0.479 e. The number of hydrogen-bond acceptors (Lipinski definition) is 7. The van der Waals surface area contributed by atoms with Gasteiger partial charge in [0.15, 0.2) is 19.0 Å². The number of nitro benzene ring substituents is 1. The van der Waals surface area contributed by atoms with E-state index in [0.29, 0.717) is 11.3 Å². The van der Waals surface area contributed by atoms with Crippen molar-refractivity contribution in [3.05, 3.63) is 64.2 Å². The topological polar surface area (TPSA) is 127 Å². The smallest absolute Gasteiger partial charge is 0.310 e. The van der Waals surface area contributed by atoms with E-state index in [-0.39, 0.29) is 18.0 Å². The van der Waals surface area contributed by atoms with Crippen molar-refractivity contribution in [3.63, 3.8) is 0 Å². The Labute approximate surface area is 148 Å². The second-order valence-corrected chi connectivity index (χ2v) is 4.82. The number of hydrazone groups is 1. The van der Waals surface area contributed by atoms with E-state index in [9.17, 15) is 14.9 Å². The first-order valence-electron chi connectivity index (χ1n) is 7.38. The van der Waals surface area contributed by atoms with Crippen LogP contribution in [0.1, 0.15) is 5.56 Å². The molecule has 2 aromatic carbocycles. The average Bonchev–Trinajstić information content (AvgIpc) is 2.66. The molecule has 1 amide bonds. The molecule has 132 valence electrons. The van der Waals surface area contributed by atoms with Crippen molar-refractivity contribution in [1.29, 1.82) is 5.26 Å². The Balaban J connectivity index is 1.82. The largest absolute Gasteiger partial charge is 0.479 e. The maximum Gasteiger partial charge on any atom is 0.310 e. The highest BCUT2D eigenvalue weighted by Crippen LogP contribution is 2.25. The minimum atomic E-state index is -0.588. The van der Waals surface area contributed by atoms with Gasteiger partial charge in [0.05, 0.1) is 11.1 Å². The Hall–Kier alpha value is -3.93. The van der Waals surface area contributed by atoms with Gasteiger partial charge in [0.25, 0.3) is 5.91 Å². The van der Waals surface area contributed by atoms with E-state index < -0.39 is 17.4 Å². The zero-order valence-corrected chi connectivity index (χ0v) is 13.5. The van der Waals surface area contributed by atoms with Crippen molar-refractivity contribution in [2.45, 2.75) is 0 Å². The van der Waals surface area contributed by atoms with Crippen molar-refractivity contribution >= 4 is 17.8 Å². The van der Waals surface area contributed by atoms with Gasteiger partial charge in [-0.05, 0) is 35.9 Å². The summed E-state index contributed by atoms with van der Waals surface area (Å²) in [5, 5.41) is 23.1. The average molecular weight is 354 g/mol. The first kappa shape index (κ1) is 18.4. The van der Waals surface area contributed by atoms with E-state index in [1.54, 1.807) is 30.3 Å². The molecule has 9 nitrogen and oxygen atoms in total. The lowest BCUT2D eigenvalue weighted by atomic mass is 10.2. The maximum atomic E-state index is 11.7. The third-order valence-electron chi connectivity index (χ3n) is 3.01. The van der Waals surface area contributed by atoms with Crippen LogP contribution >= 0.6 is 0 Å². The number of nitro groups is 1. The summed E-state index contributed by atoms with van der Waals surface area (Å²) in [6, 6.07) is 14.4.